The van der Waals surface area contributed by atoms with E-state index >= 15 is 0 Å². The third-order valence-electron chi connectivity index (χ3n) is 4.41. The number of nitrogens with zero attached hydrogens (tertiary/aromatic N) is 4. The van der Waals surface area contributed by atoms with Crippen molar-refractivity contribution in [2.45, 2.75) is 39.2 Å². The molecule has 0 fully saturated rings. The van der Waals surface area contributed by atoms with Crippen molar-refractivity contribution in [2.75, 3.05) is 0 Å². The average Bonchev–Trinajstić information content (AvgIpc) is 3.52. The quantitative estimate of drug-likeness (QED) is 0.377. The number of ether oxygens (including phenoxy) is 1. The van der Waals surface area contributed by atoms with Crippen molar-refractivity contribution in [2.24, 2.45) is 0 Å². The Morgan fingerprint density at radius 3 is 2.50 bits per heavy atom. The van der Waals surface area contributed by atoms with E-state index in [1.165, 1.54) is 16.9 Å². The van der Waals surface area contributed by atoms with Gasteiger partial charge in [-0.25, -0.2) is 0 Å². The average molecular weight is 424 g/mol. The molecule has 0 spiro atoms. The summed E-state index contributed by atoms with van der Waals surface area (Å²) in [5, 5.41) is 9.80. The number of esters is 1. The first-order valence-electron chi connectivity index (χ1n) is 9.53. The first kappa shape index (κ1) is 20.0. The molecule has 0 bridgehead atoms. The van der Waals surface area contributed by atoms with Crippen molar-refractivity contribution < 1.29 is 18.6 Å². The molecule has 0 amide bonds. The monoisotopic (exact) mass is 424 g/mol. The molecule has 4 rings (SSSR count). The van der Waals surface area contributed by atoms with Gasteiger partial charge in [-0.1, -0.05) is 54.5 Å². The number of aromatic nitrogens is 4. The Labute approximate surface area is 176 Å². The van der Waals surface area contributed by atoms with E-state index in [0.717, 1.165) is 10.4 Å². The SMILES string of the molecule is CC(C)c1ccc(-c2noc(COC(=O)CCc3nc(-c4cccs4)no3)n2)cc1. The third kappa shape index (κ3) is 4.80. The summed E-state index contributed by atoms with van der Waals surface area (Å²) >= 11 is 1.52. The minimum Gasteiger partial charge on any atom is -0.456 e. The number of hydrogen-bond acceptors (Lipinski definition) is 9. The first-order valence-corrected chi connectivity index (χ1v) is 10.4. The fraction of sp³-hybridized carbons (Fsp3) is 0.286. The van der Waals surface area contributed by atoms with Crippen LogP contribution in [0.3, 0.4) is 0 Å². The second kappa shape index (κ2) is 9.00. The van der Waals surface area contributed by atoms with E-state index in [9.17, 15) is 4.79 Å². The van der Waals surface area contributed by atoms with E-state index in [1.54, 1.807) is 0 Å². The van der Waals surface area contributed by atoms with Gasteiger partial charge in [-0.15, -0.1) is 11.3 Å². The lowest BCUT2D eigenvalue weighted by Gasteiger charge is -2.04. The van der Waals surface area contributed by atoms with Gasteiger partial charge in [0.1, 0.15) is 0 Å². The van der Waals surface area contributed by atoms with Gasteiger partial charge in [0.15, 0.2) is 6.61 Å². The van der Waals surface area contributed by atoms with E-state index < -0.39 is 5.97 Å². The molecule has 0 aliphatic heterocycles. The van der Waals surface area contributed by atoms with Crippen LogP contribution in [0.2, 0.25) is 0 Å². The van der Waals surface area contributed by atoms with Gasteiger partial charge in [-0.05, 0) is 22.9 Å². The highest BCUT2D eigenvalue weighted by Crippen LogP contribution is 2.22. The van der Waals surface area contributed by atoms with E-state index in [2.05, 4.69) is 34.1 Å². The Morgan fingerprint density at radius 1 is 1.03 bits per heavy atom. The second-order valence-electron chi connectivity index (χ2n) is 6.94. The normalized spacial score (nSPS) is 11.2. The molecule has 3 aromatic heterocycles. The molecular formula is C21H20N4O4S. The topological polar surface area (TPSA) is 104 Å². The molecule has 0 atom stereocenters. The van der Waals surface area contributed by atoms with Crippen LogP contribution < -0.4 is 0 Å². The summed E-state index contributed by atoms with van der Waals surface area (Å²) in [7, 11) is 0. The Morgan fingerprint density at radius 2 is 1.77 bits per heavy atom. The van der Waals surface area contributed by atoms with Gasteiger partial charge in [0.25, 0.3) is 5.89 Å². The highest BCUT2D eigenvalue weighted by Gasteiger charge is 2.14. The molecule has 8 nitrogen and oxygen atoms in total. The molecule has 0 radical (unpaired) electrons. The fourth-order valence-corrected chi connectivity index (χ4v) is 3.38. The number of benzene rings is 1. The lowest BCUT2D eigenvalue weighted by Crippen LogP contribution is -2.06. The van der Waals surface area contributed by atoms with Crippen molar-refractivity contribution in [3.8, 4) is 22.1 Å². The molecule has 0 aliphatic rings. The summed E-state index contributed by atoms with van der Waals surface area (Å²) < 4.78 is 15.6. The molecule has 154 valence electrons. The van der Waals surface area contributed by atoms with E-state index in [1.807, 2.05) is 41.8 Å². The number of carbonyl (C=O) groups excluding carboxylic acids is 1. The second-order valence-corrected chi connectivity index (χ2v) is 7.89. The summed E-state index contributed by atoms with van der Waals surface area (Å²) in [5.41, 5.74) is 2.08. The van der Waals surface area contributed by atoms with Gasteiger partial charge in [-0.3, -0.25) is 4.79 Å². The number of aryl methyl sites for hydroxylation is 1. The predicted octanol–water partition coefficient (Wildman–Crippen LogP) is 4.65. The summed E-state index contributed by atoms with van der Waals surface area (Å²) in [6.45, 7) is 4.19. The summed E-state index contributed by atoms with van der Waals surface area (Å²) in [6, 6.07) is 11.8. The maximum absolute atomic E-state index is 12.0. The standard InChI is InChI=1S/C21H20N4O4S/c1-13(2)14-5-7-15(8-6-14)20-23-18(29-24-20)12-27-19(26)10-9-17-22-21(25-28-17)16-4-3-11-30-16/h3-8,11,13H,9-10,12H2,1-2H3. The summed E-state index contributed by atoms with van der Waals surface area (Å²) in [4.78, 5) is 21.5. The van der Waals surface area contributed by atoms with Crippen LogP contribution in [-0.2, 0) is 22.6 Å². The van der Waals surface area contributed by atoms with Crippen LogP contribution in [0.15, 0.2) is 50.8 Å². The third-order valence-corrected chi connectivity index (χ3v) is 5.28. The lowest BCUT2D eigenvalue weighted by atomic mass is 10.0. The van der Waals surface area contributed by atoms with Crippen LogP contribution in [0.25, 0.3) is 22.1 Å². The highest BCUT2D eigenvalue weighted by molar-refractivity contribution is 7.13. The van der Waals surface area contributed by atoms with Crippen LogP contribution in [-0.4, -0.2) is 26.3 Å². The zero-order valence-electron chi connectivity index (χ0n) is 16.6. The van der Waals surface area contributed by atoms with Crippen molar-refractivity contribution in [3.63, 3.8) is 0 Å². The van der Waals surface area contributed by atoms with Crippen LogP contribution >= 0.6 is 11.3 Å². The number of carbonyl (C=O) groups is 1. The molecule has 9 heteroatoms. The number of thiophene rings is 1. The first-order chi connectivity index (χ1) is 14.6. The fourth-order valence-electron chi connectivity index (χ4n) is 2.73. The van der Waals surface area contributed by atoms with Gasteiger partial charge in [0.05, 0.1) is 11.3 Å². The Hall–Kier alpha value is -3.33. The Balaban J connectivity index is 1.26. The van der Waals surface area contributed by atoms with Gasteiger partial charge in [0.2, 0.25) is 17.5 Å². The molecule has 30 heavy (non-hydrogen) atoms. The van der Waals surface area contributed by atoms with Gasteiger partial charge >= 0.3 is 5.97 Å². The van der Waals surface area contributed by atoms with Gasteiger partial charge < -0.3 is 13.8 Å². The van der Waals surface area contributed by atoms with Crippen molar-refractivity contribution >= 4 is 17.3 Å². The zero-order valence-corrected chi connectivity index (χ0v) is 17.4. The zero-order chi connectivity index (χ0) is 20.9. The highest BCUT2D eigenvalue weighted by atomic mass is 32.1. The van der Waals surface area contributed by atoms with Crippen LogP contribution in [0.1, 0.15) is 43.5 Å². The van der Waals surface area contributed by atoms with Crippen LogP contribution in [0.5, 0.6) is 0 Å². The minimum atomic E-state index is -0.410. The maximum Gasteiger partial charge on any atom is 0.306 e. The van der Waals surface area contributed by atoms with Gasteiger partial charge in [-0.2, -0.15) is 9.97 Å². The van der Waals surface area contributed by atoms with E-state index in [4.69, 9.17) is 13.8 Å². The molecular weight excluding hydrogens is 404 g/mol. The molecule has 4 aromatic rings. The molecule has 0 aliphatic carbocycles. The van der Waals surface area contributed by atoms with Crippen molar-refractivity contribution in [1.29, 1.82) is 0 Å². The molecule has 0 saturated carbocycles. The minimum absolute atomic E-state index is 0.0831. The maximum atomic E-state index is 12.0. The van der Waals surface area contributed by atoms with Crippen molar-refractivity contribution in [1.82, 2.24) is 20.3 Å². The van der Waals surface area contributed by atoms with Gasteiger partial charge in [0, 0.05) is 12.0 Å². The summed E-state index contributed by atoms with van der Waals surface area (Å²) in [6.07, 6.45) is 0.415. The number of hydrogen-bond donors (Lipinski definition) is 0. The van der Waals surface area contributed by atoms with Crippen LogP contribution in [0.4, 0.5) is 0 Å². The smallest absolute Gasteiger partial charge is 0.306 e. The summed E-state index contributed by atoms with van der Waals surface area (Å²) in [5.74, 6) is 1.65. The van der Waals surface area contributed by atoms with E-state index in [-0.39, 0.29) is 18.9 Å². The van der Waals surface area contributed by atoms with E-state index in [0.29, 0.717) is 29.9 Å². The largest absolute Gasteiger partial charge is 0.456 e. The molecule has 3 heterocycles. The van der Waals surface area contributed by atoms with Crippen LogP contribution in [0, 0.1) is 0 Å². The van der Waals surface area contributed by atoms with Crippen molar-refractivity contribution in [3.05, 3.63) is 59.1 Å². The molecule has 0 unspecified atom stereocenters. The lowest BCUT2D eigenvalue weighted by molar-refractivity contribution is -0.145. The molecule has 0 saturated heterocycles. The number of rotatable bonds is 8. The molecule has 1 aromatic carbocycles. The molecule has 0 N–H and O–H groups in total. The Kier molecular flexibility index (Phi) is 5.99. The Bertz CT molecular complexity index is 1100. The predicted molar refractivity (Wildman–Crippen MR) is 110 cm³/mol.